The smallest absolute Gasteiger partial charge is 0.0621 e. The predicted octanol–water partition coefficient (Wildman–Crippen LogP) is 0.513. The highest BCUT2D eigenvalue weighted by Crippen LogP contribution is 2.37. The largest absolute Gasteiger partial charge is 0.375 e. The summed E-state index contributed by atoms with van der Waals surface area (Å²) in [5.74, 6) is 0.684. The standard InChI is InChI=1S/C7H13NO/c8-4-5-3-6-1-2-7(5)9-6/h5-7H,1-4,8H2/t5-,6-,7-/m0/s1. The molecule has 2 aliphatic rings. The Hall–Kier alpha value is -0.0800. The van der Waals surface area contributed by atoms with Crippen LogP contribution in [0.5, 0.6) is 0 Å². The maximum atomic E-state index is 5.60. The van der Waals surface area contributed by atoms with Crippen LogP contribution in [0.25, 0.3) is 0 Å². The van der Waals surface area contributed by atoms with Gasteiger partial charge in [0, 0.05) is 0 Å². The number of fused-ring (bicyclic) bond motifs is 2. The first kappa shape index (κ1) is 5.69. The average Bonchev–Trinajstić information content (AvgIpc) is 2.45. The van der Waals surface area contributed by atoms with Crippen LogP contribution in [0.4, 0.5) is 0 Å². The van der Waals surface area contributed by atoms with Crippen LogP contribution in [-0.4, -0.2) is 18.8 Å². The topological polar surface area (TPSA) is 35.2 Å². The van der Waals surface area contributed by atoms with E-state index in [0.29, 0.717) is 18.1 Å². The minimum Gasteiger partial charge on any atom is -0.375 e. The zero-order valence-corrected chi connectivity index (χ0v) is 5.55. The molecule has 0 saturated carbocycles. The van der Waals surface area contributed by atoms with Crippen LogP contribution in [0.15, 0.2) is 0 Å². The monoisotopic (exact) mass is 127 g/mol. The second-order valence-electron chi connectivity index (χ2n) is 3.11. The molecule has 2 heteroatoms. The first-order valence-corrected chi connectivity index (χ1v) is 3.75. The van der Waals surface area contributed by atoms with Gasteiger partial charge >= 0.3 is 0 Å². The van der Waals surface area contributed by atoms with Gasteiger partial charge in [-0.2, -0.15) is 0 Å². The highest BCUT2D eigenvalue weighted by Gasteiger charge is 2.39. The fraction of sp³-hybridized carbons (Fsp3) is 1.00. The average molecular weight is 127 g/mol. The summed E-state index contributed by atoms with van der Waals surface area (Å²) in [6.07, 6.45) is 4.86. The van der Waals surface area contributed by atoms with E-state index in [2.05, 4.69) is 0 Å². The minimum absolute atomic E-state index is 0.528. The Morgan fingerprint density at radius 3 is 2.67 bits per heavy atom. The van der Waals surface area contributed by atoms with Crippen LogP contribution in [-0.2, 0) is 4.74 Å². The number of rotatable bonds is 1. The minimum atomic E-state index is 0.528. The van der Waals surface area contributed by atoms with E-state index in [1.807, 2.05) is 0 Å². The van der Waals surface area contributed by atoms with E-state index in [1.165, 1.54) is 19.3 Å². The highest BCUT2D eigenvalue weighted by molar-refractivity contribution is 4.89. The summed E-state index contributed by atoms with van der Waals surface area (Å²) >= 11 is 0. The molecule has 2 bridgehead atoms. The molecule has 0 aromatic rings. The van der Waals surface area contributed by atoms with Crippen LogP contribution in [0.3, 0.4) is 0 Å². The second-order valence-corrected chi connectivity index (χ2v) is 3.11. The van der Waals surface area contributed by atoms with Crippen LogP contribution in [0, 0.1) is 5.92 Å². The summed E-state index contributed by atoms with van der Waals surface area (Å²) < 4.78 is 5.60. The van der Waals surface area contributed by atoms with Crippen molar-refractivity contribution < 1.29 is 4.74 Å². The molecule has 0 amide bonds. The van der Waals surface area contributed by atoms with Crippen molar-refractivity contribution in [2.24, 2.45) is 11.7 Å². The predicted molar refractivity (Wildman–Crippen MR) is 35.1 cm³/mol. The molecule has 0 radical (unpaired) electrons. The Bertz CT molecular complexity index is 115. The van der Waals surface area contributed by atoms with Crippen molar-refractivity contribution in [1.82, 2.24) is 0 Å². The van der Waals surface area contributed by atoms with Crippen molar-refractivity contribution in [2.45, 2.75) is 31.5 Å². The molecule has 0 aliphatic carbocycles. The molecular weight excluding hydrogens is 114 g/mol. The third-order valence-corrected chi connectivity index (χ3v) is 2.53. The quantitative estimate of drug-likeness (QED) is 0.557. The lowest BCUT2D eigenvalue weighted by molar-refractivity contribution is 0.0936. The summed E-state index contributed by atoms with van der Waals surface area (Å²) in [6, 6.07) is 0. The van der Waals surface area contributed by atoms with Crippen molar-refractivity contribution in [2.75, 3.05) is 6.54 Å². The van der Waals surface area contributed by atoms with Gasteiger partial charge in [-0.05, 0) is 31.7 Å². The molecule has 9 heavy (non-hydrogen) atoms. The van der Waals surface area contributed by atoms with E-state index in [1.54, 1.807) is 0 Å². The lowest BCUT2D eigenvalue weighted by atomic mass is 9.89. The van der Waals surface area contributed by atoms with Gasteiger partial charge in [-0.25, -0.2) is 0 Å². The number of hydrogen-bond donors (Lipinski definition) is 1. The Balaban J connectivity index is 2.01. The Labute approximate surface area is 55.4 Å². The second kappa shape index (κ2) is 1.96. The molecule has 0 spiro atoms. The highest BCUT2D eigenvalue weighted by atomic mass is 16.5. The molecule has 52 valence electrons. The van der Waals surface area contributed by atoms with Gasteiger partial charge in [0.1, 0.15) is 0 Å². The zero-order chi connectivity index (χ0) is 6.27. The van der Waals surface area contributed by atoms with Gasteiger partial charge in [0.2, 0.25) is 0 Å². The fourth-order valence-electron chi connectivity index (χ4n) is 1.99. The summed E-state index contributed by atoms with van der Waals surface area (Å²) in [6.45, 7) is 0.821. The maximum Gasteiger partial charge on any atom is 0.0621 e. The van der Waals surface area contributed by atoms with Gasteiger partial charge < -0.3 is 10.5 Å². The first-order chi connectivity index (χ1) is 4.40. The molecule has 0 aromatic carbocycles. The number of hydrogen-bond acceptors (Lipinski definition) is 2. The van der Waals surface area contributed by atoms with Crippen LogP contribution in [0.1, 0.15) is 19.3 Å². The molecule has 2 aliphatic heterocycles. The van der Waals surface area contributed by atoms with E-state index >= 15 is 0 Å². The summed E-state index contributed by atoms with van der Waals surface area (Å²) in [5, 5.41) is 0. The fourth-order valence-corrected chi connectivity index (χ4v) is 1.99. The summed E-state index contributed by atoms with van der Waals surface area (Å²) in [5.41, 5.74) is 5.54. The molecule has 2 rings (SSSR count). The lowest BCUT2D eigenvalue weighted by Crippen LogP contribution is -2.24. The van der Waals surface area contributed by atoms with E-state index < -0.39 is 0 Å². The van der Waals surface area contributed by atoms with Crippen molar-refractivity contribution in [3.8, 4) is 0 Å². The molecule has 2 nitrogen and oxygen atoms in total. The number of ether oxygens (including phenoxy) is 1. The van der Waals surface area contributed by atoms with Crippen molar-refractivity contribution in [1.29, 1.82) is 0 Å². The third kappa shape index (κ3) is 0.775. The molecular formula is C7H13NO. The third-order valence-electron chi connectivity index (χ3n) is 2.53. The van der Waals surface area contributed by atoms with Crippen LogP contribution in [0.2, 0.25) is 0 Å². The molecule has 2 fully saturated rings. The van der Waals surface area contributed by atoms with E-state index in [4.69, 9.17) is 10.5 Å². The lowest BCUT2D eigenvalue weighted by Gasteiger charge is -2.14. The van der Waals surface area contributed by atoms with Crippen molar-refractivity contribution >= 4 is 0 Å². The molecule has 2 N–H and O–H groups in total. The molecule has 2 saturated heterocycles. The zero-order valence-electron chi connectivity index (χ0n) is 5.55. The van der Waals surface area contributed by atoms with Crippen LogP contribution >= 0.6 is 0 Å². The van der Waals surface area contributed by atoms with E-state index in [-0.39, 0.29) is 0 Å². The van der Waals surface area contributed by atoms with E-state index in [0.717, 1.165) is 6.54 Å². The van der Waals surface area contributed by atoms with Gasteiger partial charge in [-0.15, -0.1) is 0 Å². The van der Waals surface area contributed by atoms with Crippen molar-refractivity contribution in [3.05, 3.63) is 0 Å². The van der Waals surface area contributed by atoms with E-state index in [9.17, 15) is 0 Å². The summed E-state index contributed by atoms with van der Waals surface area (Å²) in [7, 11) is 0. The van der Waals surface area contributed by atoms with Crippen LogP contribution < -0.4 is 5.73 Å². The van der Waals surface area contributed by atoms with Gasteiger partial charge in [0.05, 0.1) is 12.2 Å². The summed E-state index contributed by atoms with van der Waals surface area (Å²) in [4.78, 5) is 0. The van der Waals surface area contributed by atoms with Gasteiger partial charge in [-0.1, -0.05) is 0 Å². The van der Waals surface area contributed by atoms with Crippen molar-refractivity contribution in [3.63, 3.8) is 0 Å². The first-order valence-electron chi connectivity index (χ1n) is 3.75. The normalized spacial score (nSPS) is 48.3. The van der Waals surface area contributed by atoms with Gasteiger partial charge in [-0.3, -0.25) is 0 Å². The van der Waals surface area contributed by atoms with Gasteiger partial charge in [0.25, 0.3) is 0 Å². The van der Waals surface area contributed by atoms with Gasteiger partial charge in [0.15, 0.2) is 0 Å². The Morgan fingerprint density at radius 2 is 2.33 bits per heavy atom. The molecule has 3 atom stereocenters. The SMILES string of the molecule is NC[C@@H]1C[C@@H]2CC[C@@H]1O2. The Kier molecular flexibility index (Phi) is 1.24. The molecule has 0 unspecified atom stereocenters. The number of nitrogens with two attached hydrogens (primary N) is 1. The molecule has 0 aromatic heterocycles. The molecule has 2 heterocycles. The maximum absolute atomic E-state index is 5.60. The Morgan fingerprint density at radius 1 is 1.44 bits per heavy atom.